The van der Waals surface area contributed by atoms with Gasteiger partial charge >= 0.3 is 0 Å². The second-order valence-electron chi connectivity index (χ2n) is 5.50. The van der Waals surface area contributed by atoms with Crippen LogP contribution in [-0.4, -0.2) is 22.3 Å². The first-order valence-corrected chi connectivity index (χ1v) is 6.94. The Morgan fingerprint density at radius 3 is 1.91 bits per heavy atom. The van der Waals surface area contributed by atoms with E-state index in [0.29, 0.717) is 5.56 Å². The Morgan fingerprint density at radius 2 is 1.55 bits per heavy atom. The summed E-state index contributed by atoms with van der Waals surface area (Å²) in [7, 11) is 0. The molecule has 0 atom stereocenters. The molecule has 0 radical (unpaired) electrons. The highest BCUT2D eigenvalue weighted by Crippen LogP contribution is 2.32. The van der Waals surface area contributed by atoms with Crippen LogP contribution in [0.3, 0.4) is 0 Å². The predicted molar refractivity (Wildman–Crippen MR) is 80.5 cm³/mol. The van der Waals surface area contributed by atoms with Crippen LogP contribution in [0, 0.1) is 15.5 Å². The summed E-state index contributed by atoms with van der Waals surface area (Å²) >= 11 is 0. The van der Waals surface area contributed by atoms with Crippen molar-refractivity contribution in [3.63, 3.8) is 0 Å². The number of nitro groups is 1. The van der Waals surface area contributed by atoms with E-state index in [0.717, 1.165) is 0 Å². The van der Waals surface area contributed by atoms with Gasteiger partial charge in [0.2, 0.25) is 0 Å². The number of carbonyl (C=O) groups excluding carboxylic acids is 3. The monoisotopic (exact) mass is 305 g/mol. The number of benzene rings is 1. The van der Waals surface area contributed by atoms with Gasteiger partial charge in [-0.2, -0.15) is 0 Å². The number of hydrogen-bond acceptors (Lipinski definition) is 5. The van der Waals surface area contributed by atoms with E-state index >= 15 is 0 Å². The summed E-state index contributed by atoms with van der Waals surface area (Å²) in [6.45, 7) is 4.09. The van der Waals surface area contributed by atoms with Gasteiger partial charge in [0.05, 0.1) is 10.3 Å². The fourth-order valence-electron chi connectivity index (χ4n) is 2.41. The lowest BCUT2D eigenvalue weighted by molar-refractivity contribution is -0.384. The lowest BCUT2D eigenvalue weighted by Crippen LogP contribution is -2.39. The summed E-state index contributed by atoms with van der Waals surface area (Å²) in [4.78, 5) is 45.5. The van der Waals surface area contributed by atoms with Crippen molar-refractivity contribution < 1.29 is 19.3 Å². The van der Waals surface area contributed by atoms with Gasteiger partial charge in [-0.05, 0) is 39.2 Å². The van der Waals surface area contributed by atoms with Crippen LogP contribution >= 0.6 is 0 Å². The van der Waals surface area contributed by atoms with Crippen molar-refractivity contribution in [3.05, 3.63) is 39.9 Å². The van der Waals surface area contributed by atoms with Gasteiger partial charge in [-0.25, -0.2) is 0 Å². The van der Waals surface area contributed by atoms with Gasteiger partial charge in [0.1, 0.15) is 17.3 Å². The smallest absolute Gasteiger partial charge is 0.269 e. The molecule has 0 aromatic heterocycles. The predicted octanol–water partition coefficient (Wildman–Crippen LogP) is 2.67. The molecule has 0 saturated carbocycles. The Bertz CT molecular complexity index is 589. The first-order chi connectivity index (χ1) is 10.2. The van der Waals surface area contributed by atoms with Crippen LogP contribution in [0.25, 0.3) is 0 Å². The Labute approximate surface area is 128 Å². The van der Waals surface area contributed by atoms with Crippen LogP contribution in [0.15, 0.2) is 24.3 Å². The molecule has 1 aromatic carbocycles. The van der Waals surface area contributed by atoms with Gasteiger partial charge < -0.3 is 4.79 Å². The van der Waals surface area contributed by atoms with Gasteiger partial charge in [-0.3, -0.25) is 19.7 Å². The zero-order valence-electron chi connectivity index (χ0n) is 12.9. The van der Waals surface area contributed by atoms with Crippen molar-refractivity contribution in [2.75, 3.05) is 0 Å². The Balaban J connectivity index is 3.11. The van der Waals surface area contributed by atoms with Crippen molar-refractivity contribution in [3.8, 4) is 0 Å². The summed E-state index contributed by atoms with van der Waals surface area (Å²) in [5.74, 6) is -0.671. The molecule has 0 unspecified atom stereocenters. The largest absolute Gasteiger partial charge is 0.300 e. The van der Waals surface area contributed by atoms with Crippen LogP contribution in [0.5, 0.6) is 0 Å². The van der Waals surface area contributed by atoms with E-state index < -0.39 is 10.3 Å². The maximum Gasteiger partial charge on any atom is 0.269 e. The van der Waals surface area contributed by atoms with E-state index in [-0.39, 0.29) is 42.3 Å². The van der Waals surface area contributed by atoms with Crippen molar-refractivity contribution in [1.82, 2.24) is 0 Å². The number of ketones is 3. The Morgan fingerprint density at radius 1 is 1.05 bits per heavy atom. The highest BCUT2D eigenvalue weighted by atomic mass is 16.6. The normalized spacial score (nSPS) is 11.0. The third-order valence-electron chi connectivity index (χ3n) is 3.90. The molecule has 0 fully saturated rings. The maximum absolute atomic E-state index is 12.1. The number of nitrogens with zero attached hydrogens (tertiary/aromatic N) is 1. The molecule has 1 aromatic rings. The molecule has 1 rings (SSSR count). The first-order valence-electron chi connectivity index (χ1n) is 6.94. The zero-order valence-corrected chi connectivity index (χ0v) is 12.9. The molecule has 0 saturated heterocycles. The zero-order chi connectivity index (χ0) is 16.9. The molecule has 0 N–H and O–H groups in total. The quantitative estimate of drug-likeness (QED) is 0.418. The molecule has 0 aliphatic rings. The van der Waals surface area contributed by atoms with E-state index in [1.165, 1.54) is 45.0 Å². The Kier molecular flexibility index (Phi) is 5.68. The summed E-state index contributed by atoms with van der Waals surface area (Å²) in [5.41, 5.74) is -0.648. The lowest BCUT2D eigenvalue weighted by atomic mass is 9.71. The van der Waals surface area contributed by atoms with Crippen molar-refractivity contribution >= 4 is 23.0 Å². The average Bonchev–Trinajstić information content (AvgIpc) is 2.43. The van der Waals surface area contributed by atoms with Crippen LogP contribution < -0.4 is 0 Å². The molecule has 0 bridgehead atoms. The van der Waals surface area contributed by atoms with Gasteiger partial charge in [0, 0.05) is 18.6 Å². The minimum Gasteiger partial charge on any atom is -0.300 e. The molecule has 6 heteroatoms. The molecular formula is C16H19NO5. The second kappa shape index (κ2) is 7.06. The van der Waals surface area contributed by atoms with E-state index in [1.54, 1.807) is 0 Å². The van der Waals surface area contributed by atoms with E-state index in [2.05, 4.69) is 0 Å². The SMILES string of the molecule is CC(=O)CCC(Cc1ccc([N+](=O)[O-])cc1)(C(C)=O)C(C)=O. The molecule has 0 amide bonds. The third kappa shape index (κ3) is 4.07. The minimum atomic E-state index is -1.25. The Hall–Kier alpha value is -2.37. The van der Waals surface area contributed by atoms with Crippen molar-refractivity contribution in [2.45, 2.75) is 40.0 Å². The van der Waals surface area contributed by atoms with Crippen LogP contribution in [-0.2, 0) is 20.8 Å². The minimum absolute atomic E-state index is 0.0521. The fraction of sp³-hybridized carbons (Fsp3) is 0.438. The van der Waals surface area contributed by atoms with E-state index in [1.807, 2.05) is 0 Å². The van der Waals surface area contributed by atoms with E-state index in [4.69, 9.17) is 0 Å². The number of non-ortho nitro benzene ring substituents is 1. The van der Waals surface area contributed by atoms with Crippen LogP contribution in [0.2, 0.25) is 0 Å². The highest BCUT2D eigenvalue weighted by Gasteiger charge is 2.40. The van der Waals surface area contributed by atoms with Crippen LogP contribution in [0.4, 0.5) is 5.69 Å². The van der Waals surface area contributed by atoms with E-state index in [9.17, 15) is 24.5 Å². The molecule has 0 spiro atoms. The van der Waals surface area contributed by atoms with Gasteiger partial charge in [-0.1, -0.05) is 12.1 Å². The lowest BCUT2D eigenvalue weighted by Gasteiger charge is -2.28. The number of hydrogen-bond donors (Lipinski definition) is 0. The second-order valence-corrected chi connectivity index (χ2v) is 5.50. The standard InChI is InChI=1S/C16H19NO5/c1-11(18)8-9-16(12(2)19,13(3)20)10-14-4-6-15(7-5-14)17(21)22/h4-7H,8-10H2,1-3H3. The molecule has 0 aliphatic heterocycles. The topological polar surface area (TPSA) is 94.3 Å². The molecule has 118 valence electrons. The molecule has 6 nitrogen and oxygen atoms in total. The van der Waals surface area contributed by atoms with Gasteiger partial charge in [0.15, 0.2) is 0 Å². The summed E-state index contributed by atoms with van der Waals surface area (Å²) in [6, 6.07) is 5.75. The van der Waals surface area contributed by atoms with Crippen LogP contribution in [0.1, 0.15) is 39.2 Å². The molecule has 22 heavy (non-hydrogen) atoms. The molecule has 0 heterocycles. The molecule has 0 aliphatic carbocycles. The number of rotatable bonds is 8. The summed E-state index contributed by atoms with van der Waals surface area (Å²) in [6.07, 6.45) is 0.444. The van der Waals surface area contributed by atoms with Crippen molar-refractivity contribution in [1.29, 1.82) is 0 Å². The number of Topliss-reactive ketones (excluding diaryl/α,β-unsaturated/α-hetero) is 3. The van der Waals surface area contributed by atoms with Gasteiger partial charge in [-0.15, -0.1) is 0 Å². The third-order valence-corrected chi connectivity index (χ3v) is 3.90. The van der Waals surface area contributed by atoms with Crippen molar-refractivity contribution in [2.24, 2.45) is 5.41 Å². The molecular weight excluding hydrogens is 286 g/mol. The summed E-state index contributed by atoms with van der Waals surface area (Å²) in [5, 5.41) is 10.7. The fourth-order valence-corrected chi connectivity index (χ4v) is 2.41. The first kappa shape index (κ1) is 17.7. The number of nitro benzene ring substituents is 1. The maximum atomic E-state index is 12.1. The highest BCUT2D eigenvalue weighted by molar-refractivity contribution is 6.05. The van der Waals surface area contributed by atoms with Gasteiger partial charge in [0.25, 0.3) is 5.69 Å². The number of carbonyl (C=O) groups is 3. The summed E-state index contributed by atoms with van der Waals surface area (Å²) < 4.78 is 0. The average molecular weight is 305 g/mol.